The number of rotatable bonds is 5. The van der Waals surface area contributed by atoms with Crippen LogP contribution >= 0.6 is 0 Å². The summed E-state index contributed by atoms with van der Waals surface area (Å²) >= 11 is 0. The highest BCUT2D eigenvalue weighted by Gasteiger charge is 2.35. The van der Waals surface area contributed by atoms with E-state index in [9.17, 15) is 4.79 Å². The van der Waals surface area contributed by atoms with E-state index in [0.717, 1.165) is 49.7 Å². The fourth-order valence-corrected chi connectivity index (χ4v) is 4.64. The number of amides is 1. The van der Waals surface area contributed by atoms with Crippen molar-refractivity contribution in [3.05, 3.63) is 30.5 Å². The van der Waals surface area contributed by atoms with Crippen molar-refractivity contribution in [2.45, 2.75) is 18.9 Å². The van der Waals surface area contributed by atoms with Crippen molar-refractivity contribution in [1.29, 1.82) is 0 Å². The minimum Gasteiger partial charge on any atom is -0.399 e. The molecule has 170 valence electrons. The number of carbonyl (C=O) groups excluding carboxylic acids is 1. The molecule has 9 heteroatoms. The topological polar surface area (TPSA) is 106 Å². The second-order valence-electron chi connectivity index (χ2n) is 8.69. The third-order valence-electron chi connectivity index (χ3n) is 6.43. The number of fused-ring (bicyclic) bond motifs is 3. The van der Waals surface area contributed by atoms with Crippen LogP contribution in [0.3, 0.4) is 0 Å². The van der Waals surface area contributed by atoms with E-state index in [1.54, 1.807) is 0 Å². The number of hydrogen-bond acceptors (Lipinski definition) is 8. The zero-order valence-electron chi connectivity index (χ0n) is 18.2. The van der Waals surface area contributed by atoms with Gasteiger partial charge < -0.3 is 30.3 Å². The van der Waals surface area contributed by atoms with E-state index in [1.807, 2.05) is 30.5 Å². The number of nitrogens with zero attached hydrogens (tertiary/aromatic N) is 4. The maximum absolute atomic E-state index is 12.8. The minimum atomic E-state index is 0.0209. The highest BCUT2D eigenvalue weighted by atomic mass is 16.5. The van der Waals surface area contributed by atoms with Gasteiger partial charge in [-0.3, -0.25) is 4.79 Å². The lowest BCUT2D eigenvalue weighted by atomic mass is 10.0. The Morgan fingerprint density at radius 3 is 2.94 bits per heavy atom. The van der Waals surface area contributed by atoms with Crippen molar-refractivity contribution in [2.24, 2.45) is 5.92 Å². The lowest BCUT2D eigenvalue weighted by Crippen LogP contribution is -2.57. The number of carbonyl (C=O) groups is 1. The maximum Gasteiger partial charge on any atom is 0.239 e. The Hall–Kier alpha value is -2.91. The van der Waals surface area contributed by atoms with Crippen LogP contribution in [0.15, 0.2) is 30.5 Å². The molecule has 2 fully saturated rings. The van der Waals surface area contributed by atoms with E-state index >= 15 is 0 Å². The van der Waals surface area contributed by atoms with E-state index in [0.29, 0.717) is 43.7 Å². The van der Waals surface area contributed by atoms with Gasteiger partial charge in [-0.1, -0.05) is 12.1 Å². The molecule has 5 rings (SSSR count). The molecule has 1 atom stereocenters. The van der Waals surface area contributed by atoms with Crippen molar-refractivity contribution >= 4 is 23.1 Å². The van der Waals surface area contributed by atoms with Crippen LogP contribution in [0.4, 0.5) is 17.2 Å². The second-order valence-corrected chi connectivity index (χ2v) is 8.69. The van der Waals surface area contributed by atoms with Crippen LogP contribution in [-0.4, -0.2) is 74.5 Å². The van der Waals surface area contributed by atoms with Crippen LogP contribution < -0.4 is 20.9 Å². The average Bonchev–Trinajstić information content (AvgIpc) is 2.83. The van der Waals surface area contributed by atoms with Gasteiger partial charge in [0.25, 0.3) is 0 Å². The monoisotopic (exact) mass is 438 g/mol. The number of nitrogens with two attached hydrogens (primary N) is 1. The van der Waals surface area contributed by atoms with Gasteiger partial charge in [-0.2, -0.15) is 0 Å². The molecule has 32 heavy (non-hydrogen) atoms. The molecule has 3 aliphatic rings. The fourth-order valence-electron chi connectivity index (χ4n) is 4.64. The van der Waals surface area contributed by atoms with Gasteiger partial charge in [0.15, 0.2) is 11.6 Å². The number of nitrogen functional groups attached to an aromatic ring is 1. The summed E-state index contributed by atoms with van der Waals surface area (Å²) in [5, 5.41) is 3.11. The summed E-state index contributed by atoms with van der Waals surface area (Å²) in [7, 11) is 0. The third kappa shape index (κ3) is 4.49. The summed E-state index contributed by atoms with van der Waals surface area (Å²) in [4.78, 5) is 26.6. The Kier molecular flexibility index (Phi) is 6.09. The standard InChI is InChI=1S/C23H30N6O3/c24-18-3-1-2-17(10-18)22-26-12-20-23(27-22)29-6-9-32-15-19(29)13-28(20)14-21(30)25-11-16-4-7-31-8-5-16/h1-3,10,12,16,19H,4-9,11,13-15,24H2,(H,25,30)/t19-/m1/s1. The summed E-state index contributed by atoms with van der Waals surface area (Å²) in [6.07, 6.45) is 3.84. The molecule has 1 amide bonds. The van der Waals surface area contributed by atoms with Gasteiger partial charge in [0, 0.05) is 44.1 Å². The van der Waals surface area contributed by atoms with Gasteiger partial charge in [-0.25, -0.2) is 9.97 Å². The predicted octanol–water partition coefficient (Wildman–Crippen LogP) is 1.29. The van der Waals surface area contributed by atoms with Gasteiger partial charge in [-0.05, 0) is 30.9 Å². The molecular formula is C23H30N6O3. The molecule has 1 aromatic heterocycles. The number of ether oxygens (including phenoxy) is 2. The van der Waals surface area contributed by atoms with Crippen LogP contribution in [0, 0.1) is 5.92 Å². The maximum atomic E-state index is 12.8. The average molecular weight is 439 g/mol. The molecule has 2 saturated heterocycles. The molecule has 0 spiro atoms. The molecular weight excluding hydrogens is 408 g/mol. The summed E-state index contributed by atoms with van der Waals surface area (Å²) in [5.41, 5.74) is 8.40. The molecule has 2 aromatic rings. The predicted molar refractivity (Wildman–Crippen MR) is 123 cm³/mol. The third-order valence-corrected chi connectivity index (χ3v) is 6.43. The van der Waals surface area contributed by atoms with Gasteiger partial charge in [0.05, 0.1) is 37.7 Å². The van der Waals surface area contributed by atoms with Crippen LogP contribution in [0.25, 0.3) is 11.4 Å². The minimum absolute atomic E-state index is 0.0209. The Morgan fingerprint density at radius 1 is 1.22 bits per heavy atom. The number of morpholine rings is 1. The van der Waals surface area contributed by atoms with Crippen LogP contribution in [0.1, 0.15) is 12.8 Å². The highest BCUT2D eigenvalue weighted by molar-refractivity contribution is 5.84. The first-order valence-corrected chi connectivity index (χ1v) is 11.3. The SMILES string of the molecule is Nc1cccc(-c2ncc3c(n2)N2CCOC[C@H]2CN3CC(=O)NCC2CCOCC2)c1. The number of hydrogen-bond donors (Lipinski definition) is 2. The van der Waals surface area contributed by atoms with Crippen molar-refractivity contribution in [3.63, 3.8) is 0 Å². The van der Waals surface area contributed by atoms with Crippen LogP contribution in [-0.2, 0) is 14.3 Å². The Balaban J connectivity index is 1.36. The van der Waals surface area contributed by atoms with Gasteiger partial charge in [-0.15, -0.1) is 0 Å². The Morgan fingerprint density at radius 2 is 2.09 bits per heavy atom. The number of nitrogens with one attached hydrogen (secondary N) is 1. The molecule has 0 unspecified atom stereocenters. The Labute approximate surface area is 187 Å². The fraction of sp³-hybridized carbons (Fsp3) is 0.522. The summed E-state index contributed by atoms with van der Waals surface area (Å²) in [5.74, 6) is 2.00. The molecule has 1 aromatic carbocycles. The van der Waals surface area contributed by atoms with Crippen LogP contribution in [0.5, 0.6) is 0 Å². The van der Waals surface area contributed by atoms with Gasteiger partial charge in [0.2, 0.25) is 5.91 Å². The highest BCUT2D eigenvalue weighted by Crippen LogP contribution is 2.35. The first kappa shape index (κ1) is 21.0. The second kappa shape index (κ2) is 9.30. The molecule has 3 N–H and O–H groups in total. The van der Waals surface area contributed by atoms with E-state index in [2.05, 4.69) is 20.1 Å². The summed E-state index contributed by atoms with van der Waals surface area (Å²) < 4.78 is 11.1. The molecule has 0 aliphatic carbocycles. The zero-order valence-corrected chi connectivity index (χ0v) is 18.2. The lowest BCUT2D eigenvalue weighted by Gasteiger charge is -2.45. The molecule has 0 bridgehead atoms. The van der Waals surface area contributed by atoms with Gasteiger partial charge in [0.1, 0.15) is 0 Å². The number of aromatic nitrogens is 2. The summed E-state index contributed by atoms with van der Waals surface area (Å²) in [6, 6.07) is 7.74. The summed E-state index contributed by atoms with van der Waals surface area (Å²) in [6.45, 7) is 5.31. The van der Waals surface area contributed by atoms with E-state index < -0.39 is 0 Å². The van der Waals surface area contributed by atoms with E-state index in [4.69, 9.17) is 20.2 Å². The smallest absolute Gasteiger partial charge is 0.239 e. The Bertz CT molecular complexity index is 964. The molecule has 4 heterocycles. The zero-order chi connectivity index (χ0) is 21.9. The van der Waals surface area contributed by atoms with E-state index in [-0.39, 0.29) is 18.5 Å². The van der Waals surface area contributed by atoms with Crippen molar-refractivity contribution in [1.82, 2.24) is 15.3 Å². The number of anilines is 3. The molecule has 0 saturated carbocycles. The molecule has 3 aliphatic heterocycles. The lowest BCUT2D eigenvalue weighted by molar-refractivity contribution is -0.120. The van der Waals surface area contributed by atoms with Crippen LogP contribution in [0.2, 0.25) is 0 Å². The van der Waals surface area contributed by atoms with Crippen molar-refractivity contribution < 1.29 is 14.3 Å². The van der Waals surface area contributed by atoms with Crippen molar-refractivity contribution in [3.8, 4) is 11.4 Å². The van der Waals surface area contributed by atoms with E-state index in [1.165, 1.54) is 0 Å². The first-order valence-electron chi connectivity index (χ1n) is 11.3. The molecule has 0 radical (unpaired) electrons. The molecule has 9 nitrogen and oxygen atoms in total. The van der Waals surface area contributed by atoms with Gasteiger partial charge >= 0.3 is 0 Å². The quantitative estimate of drug-likeness (QED) is 0.673. The number of benzene rings is 1. The normalized spacial score (nSPS) is 21.1. The largest absolute Gasteiger partial charge is 0.399 e. The first-order chi connectivity index (χ1) is 15.7. The van der Waals surface area contributed by atoms with Crippen molar-refractivity contribution in [2.75, 3.05) is 68.1 Å².